The Morgan fingerprint density at radius 2 is 2.17 bits per heavy atom. The first-order chi connectivity index (χ1) is 11.3. The van der Waals surface area contributed by atoms with Gasteiger partial charge in [-0.3, -0.25) is 4.79 Å². The highest BCUT2D eigenvalue weighted by molar-refractivity contribution is 5.93. The van der Waals surface area contributed by atoms with Crippen LogP contribution in [0.4, 0.5) is 0 Å². The number of likely N-dealkylation sites (tertiary alicyclic amines) is 1. The van der Waals surface area contributed by atoms with E-state index in [1.807, 2.05) is 33.8 Å². The van der Waals surface area contributed by atoms with E-state index >= 15 is 0 Å². The van der Waals surface area contributed by atoms with Gasteiger partial charge in [-0.1, -0.05) is 5.21 Å². The SMILES string of the molecule is Cc1cc(C)c(C(=O)N2CCC[C@](O)(c3cn(C(C)C)nn3)C2)o1. The summed E-state index contributed by atoms with van der Waals surface area (Å²) in [7, 11) is 0. The molecular formula is C17H24N4O3. The summed E-state index contributed by atoms with van der Waals surface area (Å²) in [5.41, 5.74) is 0.162. The van der Waals surface area contributed by atoms with Gasteiger partial charge in [-0.05, 0) is 46.6 Å². The van der Waals surface area contributed by atoms with E-state index in [2.05, 4.69) is 10.3 Å². The van der Waals surface area contributed by atoms with Gasteiger partial charge in [0.05, 0.1) is 12.7 Å². The van der Waals surface area contributed by atoms with E-state index in [0.29, 0.717) is 36.6 Å². The van der Waals surface area contributed by atoms with Crippen LogP contribution in [0.1, 0.15) is 60.3 Å². The fourth-order valence-corrected chi connectivity index (χ4v) is 3.16. The Morgan fingerprint density at radius 3 is 2.75 bits per heavy atom. The lowest BCUT2D eigenvalue weighted by Gasteiger charge is -2.37. The Morgan fingerprint density at radius 1 is 1.42 bits per heavy atom. The number of nitrogens with zero attached hydrogens (tertiary/aromatic N) is 4. The lowest BCUT2D eigenvalue weighted by Crippen LogP contribution is -2.48. The monoisotopic (exact) mass is 332 g/mol. The molecule has 1 amide bonds. The maximum atomic E-state index is 12.7. The molecule has 0 radical (unpaired) electrons. The molecule has 3 heterocycles. The van der Waals surface area contributed by atoms with Gasteiger partial charge in [-0.2, -0.15) is 0 Å². The largest absolute Gasteiger partial charge is 0.456 e. The quantitative estimate of drug-likeness (QED) is 0.931. The number of rotatable bonds is 3. The Balaban J connectivity index is 1.82. The molecule has 0 saturated carbocycles. The summed E-state index contributed by atoms with van der Waals surface area (Å²) in [5.74, 6) is 0.876. The van der Waals surface area contributed by atoms with Crippen LogP contribution in [-0.2, 0) is 5.60 Å². The van der Waals surface area contributed by atoms with Crippen LogP contribution in [0.15, 0.2) is 16.7 Å². The number of aliphatic hydroxyl groups is 1. The maximum Gasteiger partial charge on any atom is 0.289 e. The molecule has 3 rings (SSSR count). The predicted molar refractivity (Wildman–Crippen MR) is 87.6 cm³/mol. The van der Waals surface area contributed by atoms with E-state index in [4.69, 9.17) is 4.42 Å². The van der Waals surface area contributed by atoms with E-state index in [9.17, 15) is 9.90 Å². The first kappa shape index (κ1) is 16.7. The molecule has 24 heavy (non-hydrogen) atoms. The molecule has 0 spiro atoms. The molecule has 0 unspecified atom stereocenters. The van der Waals surface area contributed by atoms with Crippen molar-refractivity contribution < 1.29 is 14.3 Å². The zero-order chi connectivity index (χ0) is 17.5. The molecule has 0 aromatic carbocycles. The average Bonchev–Trinajstić information content (AvgIpc) is 3.14. The molecule has 1 aliphatic heterocycles. The second kappa shape index (κ2) is 6.05. The van der Waals surface area contributed by atoms with Gasteiger partial charge in [0.25, 0.3) is 5.91 Å². The third-order valence-corrected chi connectivity index (χ3v) is 4.51. The molecule has 0 aliphatic carbocycles. The van der Waals surface area contributed by atoms with Gasteiger partial charge in [0.1, 0.15) is 17.1 Å². The van der Waals surface area contributed by atoms with E-state index in [0.717, 1.165) is 5.56 Å². The van der Waals surface area contributed by atoms with E-state index in [-0.39, 0.29) is 18.5 Å². The molecule has 1 aliphatic rings. The minimum absolute atomic E-state index is 0.171. The topological polar surface area (TPSA) is 84.4 Å². The molecule has 1 fully saturated rings. The number of aromatic nitrogens is 3. The second-order valence-electron chi connectivity index (χ2n) is 6.91. The van der Waals surface area contributed by atoms with Crippen LogP contribution in [0.2, 0.25) is 0 Å². The van der Waals surface area contributed by atoms with Crippen molar-refractivity contribution in [3.8, 4) is 0 Å². The fraction of sp³-hybridized carbons (Fsp3) is 0.588. The molecule has 0 bridgehead atoms. The van der Waals surface area contributed by atoms with Crippen molar-refractivity contribution in [2.45, 2.75) is 52.2 Å². The summed E-state index contributed by atoms with van der Waals surface area (Å²) in [6.45, 7) is 8.47. The van der Waals surface area contributed by atoms with Crippen molar-refractivity contribution in [1.29, 1.82) is 0 Å². The van der Waals surface area contributed by atoms with E-state index in [1.54, 1.807) is 15.8 Å². The van der Waals surface area contributed by atoms with E-state index < -0.39 is 5.60 Å². The second-order valence-corrected chi connectivity index (χ2v) is 6.91. The van der Waals surface area contributed by atoms with Crippen molar-refractivity contribution in [3.05, 3.63) is 35.0 Å². The minimum Gasteiger partial charge on any atom is -0.456 e. The smallest absolute Gasteiger partial charge is 0.289 e. The molecule has 2 aromatic rings. The molecule has 1 N–H and O–H groups in total. The van der Waals surface area contributed by atoms with Crippen LogP contribution in [0.25, 0.3) is 0 Å². The van der Waals surface area contributed by atoms with Crippen LogP contribution in [-0.4, -0.2) is 44.0 Å². The number of carbonyl (C=O) groups excluding carboxylic acids is 1. The normalized spacial score (nSPS) is 21.5. The van der Waals surface area contributed by atoms with Crippen LogP contribution >= 0.6 is 0 Å². The molecular weight excluding hydrogens is 308 g/mol. The minimum atomic E-state index is -1.17. The number of amides is 1. The lowest BCUT2D eigenvalue weighted by atomic mass is 9.90. The molecule has 2 aromatic heterocycles. The van der Waals surface area contributed by atoms with Crippen LogP contribution in [0.5, 0.6) is 0 Å². The van der Waals surface area contributed by atoms with Gasteiger partial charge in [-0.25, -0.2) is 4.68 Å². The summed E-state index contributed by atoms with van der Waals surface area (Å²) in [6, 6.07) is 2.02. The third kappa shape index (κ3) is 2.96. The van der Waals surface area contributed by atoms with Crippen LogP contribution in [0.3, 0.4) is 0 Å². The standard InChI is InChI=1S/C17H24N4O3/c1-11(2)21-9-14(18-19-21)17(23)6-5-7-20(10-17)16(22)15-12(3)8-13(4)24-15/h8-9,11,23H,5-7,10H2,1-4H3/t17-/m1/s1. The van der Waals surface area contributed by atoms with E-state index in [1.165, 1.54) is 0 Å². The fourth-order valence-electron chi connectivity index (χ4n) is 3.16. The molecule has 7 heteroatoms. The Hall–Kier alpha value is -2.15. The molecule has 1 atom stereocenters. The van der Waals surface area contributed by atoms with Crippen molar-refractivity contribution in [1.82, 2.24) is 19.9 Å². The van der Waals surface area contributed by atoms with Crippen LogP contribution < -0.4 is 0 Å². The number of carbonyl (C=O) groups is 1. The highest BCUT2D eigenvalue weighted by atomic mass is 16.4. The number of hydrogen-bond acceptors (Lipinski definition) is 5. The molecule has 1 saturated heterocycles. The number of piperidine rings is 1. The number of β-amino-alcohol motifs (C(OH)–C–C–N with tert-alkyl or cyclic N) is 1. The zero-order valence-corrected chi connectivity index (χ0v) is 14.6. The number of furan rings is 1. The summed E-state index contributed by atoms with van der Waals surface area (Å²) in [6.07, 6.45) is 3.03. The summed E-state index contributed by atoms with van der Waals surface area (Å²) >= 11 is 0. The highest BCUT2D eigenvalue weighted by Gasteiger charge is 2.40. The van der Waals surface area contributed by atoms with Gasteiger partial charge in [0, 0.05) is 18.2 Å². The maximum absolute atomic E-state index is 12.7. The first-order valence-electron chi connectivity index (χ1n) is 8.31. The lowest BCUT2D eigenvalue weighted by molar-refractivity contribution is -0.0328. The predicted octanol–water partition coefficient (Wildman–Crippen LogP) is 2.19. The van der Waals surface area contributed by atoms with Crippen LogP contribution in [0, 0.1) is 13.8 Å². The van der Waals surface area contributed by atoms with Crippen molar-refractivity contribution in [2.24, 2.45) is 0 Å². The molecule has 130 valence electrons. The summed E-state index contributed by atoms with van der Waals surface area (Å²) in [4.78, 5) is 14.4. The van der Waals surface area contributed by atoms with Gasteiger partial charge >= 0.3 is 0 Å². The summed E-state index contributed by atoms with van der Waals surface area (Å²) < 4.78 is 7.25. The summed E-state index contributed by atoms with van der Waals surface area (Å²) in [5, 5.41) is 19.2. The highest BCUT2D eigenvalue weighted by Crippen LogP contribution is 2.31. The molecule has 7 nitrogen and oxygen atoms in total. The van der Waals surface area contributed by atoms with Crippen molar-refractivity contribution in [3.63, 3.8) is 0 Å². The third-order valence-electron chi connectivity index (χ3n) is 4.51. The van der Waals surface area contributed by atoms with Gasteiger partial charge < -0.3 is 14.4 Å². The Kier molecular flexibility index (Phi) is 4.21. The number of aryl methyl sites for hydroxylation is 2. The van der Waals surface area contributed by atoms with Crippen molar-refractivity contribution in [2.75, 3.05) is 13.1 Å². The zero-order valence-electron chi connectivity index (χ0n) is 14.6. The van der Waals surface area contributed by atoms with Gasteiger partial charge in [-0.15, -0.1) is 5.10 Å². The Labute approximate surface area is 141 Å². The first-order valence-corrected chi connectivity index (χ1v) is 8.31. The number of hydrogen-bond donors (Lipinski definition) is 1. The van der Waals surface area contributed by atoms with Gasteiger partial charge in [0.2, 0.25) is 0 Å². The van der Waals surface area contributed by atoms with Crippen molar-refractivity contribution >= 4 is 5.91 Å². The average molecular weight is 332 g/mol. The van der Waals surface area contributed by atoms with Gasteiger partial charge in [0.15, 0.2) is 5.76 Å². The Bertz CT molecular complexity index is 749.